The van der Waals surface area contributed by atoms with Gasteiger partial charge in [-0.05, 0) is 55.0 Å². The molecule has 3 heterocycles. The molecule has 0 amide bonds. The van der Waals surface area contributed by atoms with Gasteiger partial charge in [-0.2, -0.15) is 0 Å². The molecular weight excluding hydrogens is 405 g/mol. The Morgan fingerprint density at radius 3 is 2.59 bits per heavy atom. The van der Waals surface area contributed by atoms with E-state index in [9.17, 15) is 4.39 Å². The van der Waals surface area contributed by atoms with Gasteiger partial charge in [0.05, 0.1) is 16.9 Å². The molecule has 0 saturated carbocycles. The molecule has 1 aliphatic heterocycles. The number of para-hydroxylation sites is 1. The highest BCUT2D eigenvalue weighted by atomic mass is 32.1. The van der Waals surface area contributed by atoms with E-state index in [1.54, 1.807) is 11.3 Å². The van der Waals surface area contributed by atoms with Crippen LogP contribution in [-0.2, 0) is 13.2 Å². The second-order valence-corrected chi connectivity index (χ2v) is 8.86. The van der Waals surface area contributed by atoms with Crippen LogP contribution < -0.4 is 0 Å². The lowest BCUT2D eigenvalue weighted by atomic mass is 10.2. The first kappa shape index (κ1) is 18.9. The molecule has 1 aliphatic rings. The lowest BCUT2D eigenvalue weighted by molar-refractivity contribution is 0.205. The van der Waals surface area contributed by atoms with Crippen LogP contribution in [0.2, 0.25) is 0 Å². The summed E-state index contributed by atoms with van der Waals surface area (Å²) in [5, 5.41) is 4.77. The van der Waals surface area contributed by atoms with Crippen LogP contribution in [0.1, 0.15) is 12.0 Å². The van der Waals surface area contributed by atoms with E-state index >= 15 is 0 Å². The fraction of sp³-hybridized carbons (Fsp3) is 0.333. The monoisotopic (exact) mass is 427 g/mol. The third-order valence-electron chi connectivity index (χ3n) is 5.45. The Balaban J connectivity index is 1.28. The van der Waals surface area contributed by atoms with Gasteiger partial charge in [-0.3, -0.25) is 14.2 Å². The van der Waals surface area contributed by atoms with Crippen LogP contribution in [0.25, 0.3) is 15.2 Å². The van der Waals surface area contributed by atoms with Crippen molar-refractivity contribution in [3.63, 3.8) is 0 Å². The molecule has 29 heavy (non-hydrogen) atoms. The van der Waals surface area contributed by atoms with Crippen molar-refractivity contribution in [2.45, 2.75) is 19.6 Å². The SMILES string of the molecule is Fc1ccc(CN2CCCN(Cn3nc4sc5ccccc5n4c3=S)CC2)cc1. The maximum Gasteiger partial charge on any atom is 0.216 e. The molecule has 150 valence electrons. The summed E-state index contributed by atoms with van der Waals surface area (Å²) in [7, 11) is 0. The lowest BCUT2D eigenvalue weighted by Gasteiger charge is -2.21. The fourth-order valence-electron chi connectivity index (χ4n) is 3.94. The lowest BCUT2D eigenvalue weighted by Crippen LogP contribution is -2.32. The first-order valence-corrected chi connectivity index (χ1v) is 11.1. The van der Waals surface area contributed by atoms with Gasteiger partial charge in [0.25, 0.3) is 0 Å². The quantitative estimate of drug-likeness (QED) is 0.452. The van der Waals surface area contributed by atoms with Crippen LogP contribution in [0, 0.1) is 10.6 Å². The number of halogens is 1. The molecule has 0 aliphatic carbocycles. The number of hydrogen-bond acceptors (Lipinski definition) is 5. The van der Waals surface area contributed by atoms with Crippen molar-refractivity contribution in [3.05, 3.63) is 64.7 Å². The normalized spacial score (nSPS) is 16.6. The summed E-state index contributed by atoms with van der Waals surface area (Å²) >= 11 is 7.41. The highest BCUT2D eigenvalue weighted by molar-refractivity contribution is 7.71. The molecule has 0 spiro atoms. The van der Waals surface area contributed by atoms with Gasteiger partial charge in [0.15, 0.2) is 0 Å². The maximum atomic E-state index is 13.1. The standard InChI is InChI=1S/C21H22FN5S2/c22-17-8-6-16(7-9-17)14-24-10-3-11-25(13-12-24)15-26-21(28)27-18-4-1-2-5-19(18)29-20(27)23-26/h1-2,4-9H,3,10-15H2. The third kappa shape index (κ3) is 3.85. The molecule has 0 bridgehead atoms. The summed E-state index contributed by atoms with van der Waals surface area (Å²) in [6.07, 6.45) is 1.10. The first-order valence-electron chi connectivity index (χ1n) is 9.84. The van der Waals surface area contributed by atoms with Crippen molar-refractivity contribution in [1.82, 2.24) is 24.0 Å². The van der Waals surface area contributed by atoms with Gasteiger partial charge in [0, 0.05) is 26.2 Å². The molecule has 2 aromatic carbocycles. The van der Waals surface area contributed by atoms with Crippen LogP contribution in [0.5, 0.6) is 0 Å². The van der Waals surface area contributed by atoms with Crippen molar-refractivity contribution in [3.8, 4) is 0 Å². The number of nitrogens with zero attached hydrogens (tertiary/aromatic N) is 5. The largest absolute Gasteiger partial charge is 0.298 e. The average molecular weight is 428 g/mol. The first-order chi connectivity index (χ1) is 14.2. The molecule has 8 heteroatoms. The van der Waals surface area contributed by atoms with Crippen LogP contribution >= 0.6 is 23.6 Å². The number of thiazole rings is 1. The fourth-order valence-corrected chi connectivity index (χ4v) is 5.30. The van der Waals surface area contributed by atoms with Crippen molar-refractivity contribution in [2.75, 3.05) is 26.2 Å². The molecular formula is C21H22FN5S2. The Labute approximate surface area is 177 Å². The Hall–Kier alpha value is -2.13. The van der Waals surface area contributed by atoms with E-state index in [2.05, 4.69) is 26.3 Å². The molecule has 5 nitrogen and oxygen atoms in total. The molecule has 0 atom stereocenters. The predicted octanol–water partition coefficient (Wildman–Crippen LogP) is 4.38. The molecule has 0 unspecified atom stereocenters. The predicted molar refractivity (Wildman–Crippen MR) is 117 cm³/mol. The number of hydrogen-bond donors (Lipinski definition) is 0. The smallest absolute Gasteiger partial charge is 0.216 e. The van der Waals surface area contributed by atoms with Gasteiger partial charge in [-0.25, -0.2) is 9.07 Å². The van der Waals surface area contributed by atoms with E-state index in [0.717, 1.165) is 60.0 Å². The van der Waals surface area contributed by atoms with Crippen molar-refractivity contribution >= 4 is 38.7 Å². The van der Waals surface area contributed by atoms with Crippen molar-refractivity contribution < 1.29 is 4.39 Å². The van der Waals surface area contributed by atoms with E-state index < -0.39 is 0 Å². The number of benzene rings is 2. The Morgan fingerprint density at radius 2 is 1.72 bits per heavy atom. The second kappa shape index (κ2) is 7.95. The molecule has 0 N–H and O–H groups in total. The number of rotatable bonds is 4. The zero-order valence-electron chi connectivity index (χ0n) is 16.0. The summed E-state index contributed by atoms with van der Waals surface area (Å²) < 4.78 is 19.1. The van der Waals surface area contributed by atoms with Gasteiger partial charge < -0.3 is 0 Å². The van der Waals surface area contributed by atoms with E-state index in [1.165, 1.54) is 16.8 Å². The Morgan fingerprint density at radius 1 is 0.966 bits per heavy atom. The minimum absolute atomic E-state index is 0.180. The van der Waals surface area contributed by atoms with Gasteiger partial charge in [-0.1, -0.05) is 35.6 Å². The minimum atomic E-state index is -0.180. The third-order valence-corrected chi connectivity index (χ3v) is 6.86. The van der Waals surface area contributed by atoms with Crippen LogP contribution in [0.15, 0.2) is 48.5 Å². The maximum absolute atomic E-state index is 13.1. The highest BCUT2D eigenvalue weighted by Crippen LogP contribution is 2.25. The van der Waals surface area contributed by atoms with E-state index in [4.69, 9.17) is 17.3 Å². The van der Waals surface area contributed by atoms with Gasteiger partial charge in [0.1, 0.15) is 5.82 Å². The van der Waals surface area contributed by atoms with E-state index in [-0.39, 0.29) is 5.82 Å². The molecule has 2 aromatic heterocycles. The molecule has 1 fully saturated rings. The molecule has 1 saturated heterocycles. The van der Waals surface area contributed by atoms with Crippen LogP contribution in [0.3, 0.4) is 0 Å². The molecule has 0 radical (unpaired) electrons. The average Bonchev–Trinajstić information content (AvgIpc) is 3.13. The summed E-state index contributed by atoms with van der Waals surface area (Å²) in [5.74, 6) is -0.180. The topological polar surface area (TPSA) is 28.7 Å². The molecule has 5 rings (SSSR count). The summed E-state index contributed by atoms with van der Waals surface area (Å²) in [6, 6.07) is 15.1. The van der Waals surface area contributed by atoms with Gasteiger partial charge in [-0.15, -0.1) is 5.10 Å². The summed E-state index contributed by atoms with van der Waals surface area (Å²) in [5.41, 5.74) is 2.29. The minimum Gasteiger partial charge on any atom is -0.298 e. The van der Waals surface area contributed by atoms with Crippen LogP contribution in [-0.4, -0.2) is 50.2 Å². The Kier molecular flexibility index (Phi) is 5.17. The highest BCUT2D eigenvalue weighted by Gasteiger charge is 2.17. The summed E-state index contributed by atoms with van der Waals surface area (Å²) in [6.45, 7) is 5.59. The number of fused-ring (bicyclic) bond motifs is 3. The zero-order valence-corrected chi connectivity index (χ0v) is 17.6. The molecule has 4 aromatic rings. The Bertz CT molecular complexity index is 1190. The van der Waals surface area contributed by atoms with E-state index in [0.29, 0.717) is 6.67 Å². The van der Waals surface area contributed by atoms with Gasteiger partial charge in [0.2, 0.25) is 9.73 Å². The number of aromatic nitrogens is 3. The van der Waals surface area contributed by atoms with Crippen molar-refractivity contribution in [1.29, 1.82) is 0 Å². The zero-order chi connectivity index (χ0) is 19.8. The summed E-state index contributed by atoms with van der Waals surface area (Å²) in [4.78, 5) is 5.80. The van der Waals surface area contributed by atoms with Crippen LogP contribution in [0.4, 0.5) is 4.39 Å². The van der Waals surface area contributed by atoms with Crippen molar-refractivity contribution in [2.24, 2.45) is 0 Å². The van der Waals surface area contributed by atoms with Gasteiger partial charge >= 0.3 is 0 Å². The second-order valence-electron chi connectivity index (χ2n) is 7.49. The van der Waals surface area contributed by atoms with E-state index in [1.807, 2.05) is 28.9 Å².